The largest absolute Gasteiger partial charge is 0.639 e. The average molecular weight is 590 g/mol. The molecule has 0 aliphatic carbocycles. The number of carbonyl (C=O) groups is 1. The molecule has 1 aliphatic rings. The van der Waals surface area contributed by atoms with Crippen molar-refractivity contribution in [2.75, 3.05) is 18.9 Å². The molecule has 7 N–H and O–H groups in total. The molecule has 206 valence electrons. The number of aliphatic hydroxyl groups excluding tert-OH is 2. The molecule has 7 unspecified atom stereocenters. The van der Waals surface area contributed by atoms with Crippen molar-refractivity contribution >= 4 is 46.3 Å². The van der Waals surface area contributed by atoms with Gasteiger partial charge in [0, 0.05) is 12.0 Å². The molecule has 0 saturated carbocycles. The number of imidazole rings is 1. The number of nitrogen functional groups attached to an aromatic ring is 1. The van der Waals surface area contributed by atoms with Crippen LogP contribution in [-0.4, -0.2) is 86.3 Å². The Balaban J connectivity index is 1.67. The van der Waals surface area contributed by atoms with Gasteiger partial charge in [-0.05, 0) is 11.4 Å². The third-order valence-electron chi connectivity index (χ3n) is 4.65. The number of anilines is 1. The first-order valence-electron chi connectivity index (χ1n) is 10.1. The zero-order valence-electron chi connectivity index (χ0n) is 19.0. The molecule has 3 heterocycles. The molecule has 20 nitrogen and oxygen atoms in total. The summed E-state index contributed by atoms with van der Waals surface area (Å²) in [6.45, 7) is 0.785. The number of amides is 1. The number of phosphoric acid groups is 2. The first-order valence-corrected chi connectivity index (χ1v) is 14.6. The third kappa shape index (κ3) is 6.88. The van der Waals surface area contributed by atoms with E-state index in [1.165, 1.54) is 17.8 Å². The summed E-state index contributed by atoms with van der Waals surface area (Å²) < 4.78 is 55.9. The average Bonchev–Trinajstić information content (AvgIpc) is 3.31. The summed E-state index contributed by atoms with van der Waals surface area (Å²) in [5.41, 5.74) is 6.03. The second-order valence-corrected chi connectivity index (χ2v) is 12.2. The monoisotopic (exact) mass is 590 g/mol. The van der Waals surface area contributed by atoms with E-state index < -0.39 is 67.0 Å². The van der Waals surface area contributed by atoms with E-state index in [0.29, 0.717) is 0 Å². The molecule has 0 spiro atoms. The van der Waals surface area contributed by atoms with Gasteiger partial charge in [-0.25, -0.2) is 24.1 Å². The fourth-order valence-corrected chi connectivity index (χ4v) is 7.10. The summed E-state index contributed by atoms with van der Waals surface area (Å²) in [4.78, 5) is 52.1. The maximum absolute atomic E-state index is 12.2. The molecule has 23 heteroatoms. The van der Waals surface area contributed by atoms with E-state index >= 15 is 0 Å². The molecule has 2 aromatic heterocycles. The Morgan fingerprint density at radius 2 is 1.84 bits per heavy atom. The van der Waals surface area contributed by atoms with Crippen LogP contribution in [0.3, 0.4) is 0 Å². The van der Waals surface area contributed by atoms with Crippen molar-refractivity contribution in [1.29, 1.82) is 0 Å². The van der Waals surface area contributed by atoms with Crippen molar-refractivity contribution in [3.63, 3.8) is 0 Å². The fraction of sp³-hybridized carbons (Fsp3) is 0.571. The van der Waals surface area contributed by atoms with Gasteiger partial charge in [0.1, 0.15) is 30.2 Å². The second-order valence-electron chi connectivity index (χ2n) is 7.32. The Morgan fingerprint density at radius 1 is 1.16 bits per heavy atom. The molecular formula is C14H23N7O13P3+. The lowest BCUT2D eigenvalue weighted by Gasteiger charge is -2.19. The summed E-state index contributed by atoms with van der Waals surface area (Å²) in [5.74, 6) is -0.907. The maximum Gasteiger partial charge on any atom is 0.639 e. The molecule has 1 saturated heterocycles. The van der Waals surface area contributed by atoms with E-state index in [1.807, 2.05) is 0 Å². The normalized spacial score (nSPS) is 27.5. The molecule has 0 bridgehead atoms. The van der Waals surface area contributed by atoms with Crippen molar-refractivity contribution < 1.29 is 65.7 Å². The van der Waals surface area contributed by atoms with Crippen LogP contribution in [-0.2, 0) is 36.4 Å². The Hall–Kier alpha value is -2.05. The number of aromatic nitrogens is 4. The molecule has 0 aromatic carbocycles. The number of azo groups is 1. The molecule has 1 fully saturated rings. The first-order chi connectivity index (χ1) is 17.1. The standard InChI is InChI=1S/C14H22N7O13P3/c1-3-21(19-7(2)22)35(25,26)33-37(29,30)34-36(27,28)31-4-8-10(23)11(24)14(32-8)20-6-18-9-12(15)16-5-17-13(9)20/h5-6,8,10-11,14,23-24H,3-4H2,1-2H3,(H4-,15,16,17,25,26,27,28,29,30)/p+1. The van der Waals surface area contributed by atoms with Crippen molar-refractivity contribution in [1.82, 2.24) is 19.5 Å². The predicted octanol–water partition coefficient (Wildman–Crippen LogP) is -0.590. The van der Waals surface area contributed by atoms with Crippen LogP contribution in [0.2, 0.25) is 0 Å². The van der Waals surface area contributed by atoms with Gasteiger partial charge in [-0.15, -0.1) is 4.31 Å². The quantitative estimate of drug-likeness (QED) is 0.149. The van der Waals surface area contributed by atoms with Gasteiger partial charge < -0.3 is 30.5 Å². The highest BCUT2D eigenvalue weighted by atomic mass is 31.3. The summed E-state index contributed by atoms with van der Waals surface area (Å²) in [6.07, 6.45) is -3.76. The van der Waals surface area contributed by atoms with E-state index in [-0.39, 0.29) is 21.4 Å². The minimum absolute atomic E-state index is 0.0372. The van der Waals surface area contributed by atoms with Gasteiger partial charge in [-0.2, -0.15) is 8.88 Å². The van der Waals surface area contributed by atoms with E-state index in [4.69, 9.17) is 10.5 Å². The summed E-state index contributed by atoms with van der Waals surface area (Å²) in [6, 6.07) is 0. The Bertz CT molecular complexity index is 1350. The molecule has 0 radical (unpaired) electrons. The van der Waals surface area contributed by atoms with Gasteiger partial charge in [-0.3, -0.25) is 18.8 Å². The number of fused-ring (bicyclic) bond motifs is 1. The maximum atomic E-state index is 12.2. The fourth-order valence-electron chi connectivity index (χ4n) is 3.13. The van der Waals surface area contributed by atoms with Gasteiger partial charge in [0.05, 0.1) is 12.9 Å². The van der Waals surface area contributed by atoms with E-state index in [0.717, 1.165) is 13.3 Å². The highest BCUT2D eigenvalue weighted by Crippen LogP contribution is 2.67. The molecule has 7 atom stereocenters. The lowest BCUT2D eigenvalue weighted by atomic mass is 10.1. The highest BCUT2D eigenvalue weighted by Gasteiger charge is 2.50. The zero-order valence-corrected chi connectivity index (χ0v) is 21.7. The number of nitrogens with zero attached hydrogens (tertiary/aromatic N) is 6. The lowest BCUT2D eigenvalue weighted by Crippen LogP contribution is -2.33. The SMILES string of the molecule is CC[N+](=NC(C)=O)P(=O)(O)OP(=O)(O)OP(=O)(O)OCC1OC(n2cnc3c(N)ncnc32)C(O)C1O. The number of nitrogens with two attached hydrogens (primary N) is 1. The highest BCUT2D eigenvalue weighted by molar-refractivity contribution is 7.66. The topological polar surface area (TPSA) is 291 Å². The van der Waals surface area contributed by atoms with Gasteiger partial charge in [-0.1, -0.05) is 0 Å². The Morgan fingerprint density at radius 3 is 2.46 bits per heavy atom. The van der Waals surface area contributed by atoms with E-state index in [9.17, 15) is 43.4 Å². The van der Waals surface area contributed by atoms with Crippen LogP contribution in [0.25, 0.3) is 11.2 Å². The van der Waals surface area contributed by atoms with Crippen LogP contribution >= 0.6 is 23.4 Å². The number of aliphatic hydroxyl groups is 2. The summed E-state index contributed by atoms with van der Waals surface area (Å²) in [5, 5.41) is 23.8. The van der Waals surface area contributed by atoms with Crippen molar-refractivity contribution in [3.8, 4) is 0 Å². The van der Waals surface area contributed by atoms with Crippen LogP contribution in [0.5, 0.6) is 0 Å². The molecule has 2 aromatic rings. The van der Waals surface area contributed by atoms with Gasteiger partial charge in [0.25, 0.3) is 0 Å². The van der Waals surface area contributed by atoms with E-state index in [2.05, 4.69) is 33.2 Å². The van der Waals surface area contributed by atoms with Crippen LogP contribution in [0, 0.1) is 0 Å². The first kappa shape index (κ1) is 29.5. The van der Waals surface area contributed by atoms with Crippen LogP contribution in [0.1, 0.15) is 20.1 Å². The third-order valence-corrected chi connectivity index (χ3v) is 9.41. The molecular weight excluding hydrogens is 567 g/mol. The van der Waals surface area contributed by atoms with Crippen molar-refractivity contribution in [2.45, 2.75) is 38.4 Å². The van der Waals surface area contributed by atoms with Gasteiger partial charge >= 0.3 is 29.3 Å². The molecule has 1 amide bonds. The Labute approximate surface area is 207 Å². The van der Waals surface area contributed by atoms with E-state index in [1.54, 1.807) is 0 Å². The Kier molecular flexibility index (Phi) is 8.75. The second kappa shape index (κ2) is 11.0. The summed E-state index contributed by atoms with van der Waals surface area (Å²) >= 11 is 0. The minimum Gasteiger partial charge on any atom is -0.387 e. The number of hydrogen-bond acceptors (Lipinski definition) is 14. The minimum atomic E-state index is -5.77. The van der Waals surface area contributed by atoms with Gasteiger partial charge in [0.15, 0.2) is 24.2 Å². The molecule has 1 aliphatic heterocycles. The van der Waals surface area contributed by atoms with Gasteiger partial charge in [0.2, 0.25) is 0 Å². The van der Waals surface area contributed by atoms with Crippen LogP contribution in [0.15, 0.2) is 17.8 Å². The smallest absolute Gasteiger partial charge is 0.387 e. The van der Waals surface area contributed by atoms with Crippen LogP contribution < -0.4 is 5.73 Å². The molecule has 37 heavy (non-hydrogen) atoms. The van der Waals surface area contributed by atoms with Crippen LogP contribution in [0.4, 0.5) is 5.82 Å². The number of hydrogen-bond donors (Lipinski definition) is 6. The number of carbonyl (C=O) groups excluding carboxylic acids is 1. The number of phosphoric ester groups is 1. The predicted molar refractivity (Wildman–Crippen MR) is 117 cm³/mol. The number of rotatable bonds is 10. The zero-order chi connectivity index (χ0) is 27.8. The van der Waals surface area contributed by atoms with Crippen molar-refractivity contribution in [2.24, 2.45) is 5.11 Å². The molecule has 3 rings (SSSR count). The summed E-state index contributed by atoms with van der Waals surface area (Å²) in [7, 11) is -16.6. The number of ether oxygens (including phenoxy) is 1. The lowest BCUT2D eigenvalue weighted by molar-refractivity contribution is -0.460. The van der Waals surface area contributed by atoms with Crippen molar-refractivity contribution in [3.05, 3.63) is 12.7 Å².